The lowest BCUT2D eigenvalue weighted by molar-refractivity contribution is -0.134. The van der Waals surface area contributed by atoms with Gasteiger partial charge < -0.3 is 14.2 Å². The van der Waals surface area contributed by atoms with Crippen molar-refractivity contribution in [3.05, 3.63) is 49.3 Å². The first-order chi connectivity index (χ1) is 10.7. The minimum Gasteiger partial charge on any atom is -0.487 e. The Kier molecular flexibility index (Phi) is 3.96. The molecule has 1 amide bonds. The number of amides is 1. The largest absolute Gasteiger partial charge is 0.487 e. The monoisotopic (exact) mass is 297 g/mol. The zero-order chi connectivity index (χ0) is 15.5. The molecule has 1 saturated heterocycles. The van der Waals surface area contributed by atoms with Crippen molar-refractivity contribution in [1.82, 2.24) is 14.5 Å². The maximum atomic E-state index is 11.4. The van der Waals surface area contributed by atoms with Crippen LogP contribution in [0.4, 0.5) is 0 Å². The maximum Gasteiger partial charge on any atom is 0.246 e. The van der Waals surface area contributed by atoms with Gasteiger partial charge in [-0.1, -0.05) is 18.7 Å². The normalized spacial score (nSPS) is 14.5. The minimum atomic E-state index is -0.0430. The lowest BCUT2D eigenvalue weighted by atomic mass is 10.1. The second-order valence-corrected chi connectivity index (χ2v) is 5.25. The number of aromatic nitrogens is 2. The molecule has 0 unspecified atom stereocenters. The van der Waals surface area contributed by atoms with Crippen LogP contribution < -0.4 is 4.74 Å². The smallest absolute Gasteiger partial charge is 0.246 e. The molecule has 0 saturated carbocycles. The Morgan fingerprint density at radius 3 is 3.05 bits per heavy atom. The van der Waals surface area contributed by atoms with Gasteiger partial charge in [0.05, 0.1) is 13.1 Å². The molecule has 1 aromatic heterocycles. The second-order valence-electron chi connectivity index (χ2n) is 5.25. The third kappa shape index (κ3) is 2.74. The van der Waals surface area contributed by atoms with Gasteiger partial charge in [-0.15, -0.1) is 0 Å². The molecule has 0 atom stereocenters. The Labute approximate surface area is 129 Å². The van der Waals surface area contributed by atoms with Gasteiger partial charge >= 0.3 is 0 Å². The maximum absolute atomic E-state index is 11.4. The zero-order valence-corrected chi connectivity index (χ0v) is 12.6. The molecule has 0 N–H and O–H groups in total. The van der Waals surface area contributed by atoms with Gasteiger partial charge in [0.25, 0.3) is 0 Å². The zero-order valence-electron chi connectivity index (χ0n) is 12.6. The van der Waals surface area contributed by atoms with Gasteiger partial charge in [-0.05, 0) is 25.1 Å². The molecular formula is C17H19N3O2. The van der Waals surface area contributed by atoms with E-state index in [1.165, 1.54) is 6.08 Å². The number of aryl methyl sites for hydroxylation is 1. The van der Waals surface area contributed by atoms with Crippen LogP contribution in [0.15, 0.2) is 49.3 Å². The molecule has 1 fully saturated rings. The topological polar surface area (TPSA) is 47.4 Å². The van der Waals surface area contributed by atoms with Gasteiger partial charge in [-0.2, -0.15) is 0 Å². The molecule has 0 aliphatic carbocycles. The SMILES string of the molecule is C=CC(=O)N1CC(Oc2cccc(-c3nccn3CC)c2)C1. The van der Waals surface area contributed by atoms with E-state index in [4.69, 9.17) is 4.74 Å². The van der Waals surface area contributed by atoms with Crippen molar-refractivity contribution in [2.75, 3.05) is 13.1 Å². The predicted molar refractivity (Wildman–Crippen MR) is 84.5 cm³/mol. The molecule has 2 aromatic rings. The van der Waals surface area contributed by atoms with Crippen LogP contribution in [-0.2, 0) is 11.3 Å². The molecule has 0 radical (unpaired) electrons. The molecule has 0 bridgehead atoms. The van der Waals surface area contributed by atoms with E-state index in [1.54, 1.807) is 11.1 Å². The van der Waals surface area contributed by atoms with Crippen molar-refractivity contribution in [2.24, 2.45) is 0 Å². The van der Waals surface area contributed by atoms with Crippen molar-refractivity contribution >= 4 is 5.91 Å². The number of hydrogen-bond donors (Lipinski definition) is 0. The van der Waals surface area contributed by atoms with E-state index >= 15 is 0 Å². The third-order valence-corrected chi connectivity index (χ3v) is 3.79. The van der Waals surface area contributed by atoms with Crippen LogP contribution >= 0.6 is 0 Å². The summed E-state index contributed by atoms with van der Waals surface area (Å²) in [5, 5.41) is 0. The molecule has 1 aromatic carbocycles. The Balaban J connectivity index is 1.68. The van der Waals surface area contributed by atoms with Crippen molar-refractivity contribution in [3.8, 4) is 17.1 Å². The number of carbonyl (C=O) groups excluding carboxylic acids is 1. The summed E-state index contributed by atoms with van der Waals surface area (Å²) in [5.74, 6) is 1.70. The number of likely N-dealkylation sites (tertiary alicyclic amines) is 1. The second kappa shape index (κ2) is 6.05. The average molecular weight is 297 g/mol. The fraction of sp³-hybridized carbons (Fsp3) is 0.294. The Bertz CT molecular complexity index is 687. The number of carbonyl (C=O) groups is 1. The van der Waals surface area contributed by atoms with Crippen molar-refractivity contribution in [3.63, 3.8) is 0 Å². The number of ether oxygens (including phenoxy) is 1. The van der Waals surface area contributed by atoms with Crippen LogP contribution in [0.1, 0.15) is 6.92 Å². The van der Waals surface area contributed by atoms with Gasteiger partial charge in [0.15, 0.2) is 0 Å². The molecular weight excluding hydrogens is 278 g/mol. The van der Waals surface area contributed by atoms with Crippen molar-refractivity contribution < 1.29 is 9.53 Å². The molecule has 1 aliphatic heterocycles. The summed E-state index contributed by atoms with van der Waals surface area (Å²) < 4.78 is 8.01. The standard InChI is InChI=1S/C17H19N3O2/c1-3-16(21)20-11-15(12-20)22-14-7-5-6-13(10-14)17-18-8-9-19(17)4-2/h3,5-10,15H,1,4,11-12H2,2H3. The van der Waals surface area contributed by atoms with Crippen LogP contribution in [0.2, 0.25) is 0 Å². The first-order valence-corrected chi connectivity index (χ1v) is 7.41. The summed E-state index contributed by atoms with van der Waals surface area (Å²) >= 11 is 0. The number of rotatable bonds is 5. The third-order valence-electron chi connectivity index (χ3n) is 3.79. The lowest BCUT2D eigenvalue weighted by Gasteiger charge is -2.38. The van der Waals surface area contributed by atoms with Gasteiger partial charge in [0, 0.05) is 24.5 Å². The van der Waals surface area contributed by atoms with Crippen LogP contribution in [-0.4, -0.2) is 39.6 Å². The summed E-state index contributed by atoms with van der Waals surface area (Å²) in [6.45, 7) is 7.67. The Morgan fingerprint density at radius 1 is 1.50 bits per heavy atom. The van der Waals surface area contributed by atoms with E-state index < -0.39 is 0 Å². The van der Waals surface area contributed by atoms with Crippen LogP contribution in [0.3, 0.4) is 0 Å². The Morgan fingerprint density at radius 2 is 2.32 bits per heavy atom. The van der Waals surface area contributed by atoms with E-state index in [9.17, 15) is 4.79 Å². The van der Waals surface area contributed by atoms with Gasteiger partial charge in [-0.3, -0.25) is 4.79 Å². The van der Waals surface area contributed by atoms with Crippen LogP contribution in [0.5, 0.6) is 5.75 Å². The molecule has 114 valence electrons. The van der Waals surface area contributed by atoms with Crippen molar-refractivity contribution in [2.45, 2.75) is 19.6 Å². The van der Waals surface area contributed by atoms with E-state index in [1.807, 2.05) is 30.5 Å². The van der Waals surface area contributed by atoms with Gasteiger partial charge in [0.1, 0.15) is 17.7 Å². The number of hydrogen-bond acceptors (Lipinski definition) is 3. The highest BCUT2D eigenvalue weighted by Crippen LogP contribution is 2.25. The molecule has 0 spiro atoms. The Hall–Kier alpha value is -2.56. The van der Waals surface area contributed by atoms with Gasteiger partial charge in [0.2, 0.25) is 5.91 Å². The lowest BCUT2D eigenvalue weighted by Crippen LogP contribution is -2.55. The van der Waals surface area contributed by atoms with Crippen molar-refractivity contribution in [1.29, 1.82) is 0 Å². The number of benzene rings is 1. The average Bonchev–Trinajstić information content (AvgIpc) is 2.98. The molecule has 5 heteroatoms. The highest BCUT2D eigenvalue weighted by Gasteiger charge is 2.30. The summed E-state index contributed by atoms with van der Waals surface area (Å²) in [6, 6.07) is 7.91. The van der Waals surface area contributed by atoms with E-state index in [0.29, 0.717) is 13.1 Å². The highest BCUT2D eigenvalue weighted by molar-refractivity contribution is 5.87. The highest BCUT2D eigenvalue weighted by atomic mass is 16.5. The minimum absolute atomic E-state index is 0.0430. The first kappa shape index (κ1) is 14.4. The number of imidazole rings is 1. The predicted octanol–water partition coefficient (Wildman–Crippen LogP) is 2.35. The molecule has 2 heterocycles. The van der Waals surface area contributed by atoms with Crippen LogP contribution in [0, 0.1) is 0 Å². The van der Waals surface area contributed by atoms with Gasteiger partial charge in [-0.25, -0.2) is 4.98 Å². The molecule has 22 heavy (non-hydrogen) atoms. The van der Waals surface area contributed by atoms with E-state index in [-0.39, 0.29) is 12.0 Å². The molecule has 1 aliphatic rings. The number of nitrogens with zero attached hydrogens (tertiary/aromatic N) is 3. The summed E-state index contributed by atoms with van der Waals surface area (Å²) in [7, 11) is 0. The summed E-state index contributed by atoms with van der Waals surface area (Å²) in [5.41, 5.74) is 1.03. The van der Waals surface area contributed by atoms with E-state index in [2.05, 4.69) is 23.1 Å². The van der Waals surface area contributed by atoms with E-state index in [0.717, 1.165) is 23.7 Å². The molecule has 5 nitrogen and oxygen atoms in total. The quantitative estimate of drug-likeness (QED) is 0.796. The first-order valence-electron chi connectivity index (χ1n) is 7.41. The fourth-order valence-corrected chi connectivity index (χ4v) is 2.55. The summed E-state index contributed by atoms with van der Waals surface area (Å²) in [6.07, 6.45) is 5.15. The molecule has 3 rings (SSSR count). The fourth-order valence-electron chi connectivity index (χ4n) is 2.55. The van der Waals surface area contributed by atoms with Crippen LogP contribution in [0.25, 0.3) is 11.4 Å². The summed E-state index contributed by atoms with van der Waals surface area (Å²) in [4.78, 5) is 17.5.